The highest BCUT2D eigenvalue weighted by molar-refractivity contribution is 7.14. The van der Waals surface area contributed by atoms with Crippen LogP contribution in [0.25, 0.3) is 21.8 Å². The lowest BCUT2D eigenvalue weighted by Gasteiger charge is -2.03. The molecule has 0 aliphatic carbocycles. The van der Waals surface area contributed by atoms with Gasteiger partial charge in [-0.2, -0.15) is 0 Å². The normalized spacial score (nSPS) is 11.0. The van der Waals surface area contributed by atoms with E-state index in [0.29, 0.717) is 21.2 Å². The molecule has 3 nitrogen and oxygen atoms in total. The van der Waals surface area contributed by atoms with Crippen LogP contribution in [0.4, 0.5) is 14.6 Å². The topological polar surface area (TPSA) is 52.0 Å². The monoisotopic (exact) mass is 326 g/mol. The van der Waals surface area contributed by atoms with Gasteiger partial charge in [-0.25, -0.2) is 8.78 Å². The summed E-state index contributed by atoms with van der Waals surface area (Å²) in [5.74, 6) is -1.05. The standard InChI is InChI=1S/C14H9ClF2N2OS/c1-6-5-21-13(11(6)15)12-10(14(18)19-20-12)7-2-8(16)4-9(17)3-7/h2-5H,1H3,(H2,18,19). The molecular weight excluding hydrogens is 318 g/mol. The van der Waals surface area contributed by atoms with E-state index >= 15 is 0 Å². The second-order valence-corrected chi connectivity index (χ2v) is 5.75. The fraction of sp³-hybridized carbons (Fsp3) is 0.0714. The van der Waals surface area contributed by atoms with Gasteiger partial charge in [0.1, 0.15) is 11.6 Å². The quantitative estimate of drug-likeness (QED) is 0.729. The predicted octanol–water partition coefficient (Wildman–Crippen LogP) is 4.89. The van der Waals surface area contributed by atoms with Crippen molar-refractivity contribution in [2.45, 2.75) is 6.92 Å². The van der Waals surface area contributed by atoms with Crippen LogP contribution in [0.3, 0.4) is 0 Å². The van der Waals surface area contributed by atoms with Crippen molar-refractivity contribution in [3.8, 4) is 21.8 Å². The van der Waals surface area contributed by atoms with Crippen LogP contribution in [-0.4, -0.2) is 5.16 Å². The van der Waals surface area contributed by atoms with Gasteiger partial charge >= 0.3 is 0 Å². The predicted molar refractivity (Wildman–Crippen MR) is 79.3 cm³/mol. The summed E-state index contributed by atoms with van der Waals surface area (Å²) >= 11 is 7.56. The van der Waals surface area contributed by atoms with Crippen LogP contribution >= 0.6 is 22.9 Å². The van der Waals surface area contributed by atoms with Gasteiger partial charge in [0.25, 0.3) is 0 Å². The molecule has 0 unspecified atom stereocenters. The first-order valence-corrected chi connectivity index (χ1v) is 7.18. The van der Waals surface area contributed by atoms with E-state index in [0.717, 1.165) is 11.6 Å². The smallest absolute Gasteiger partial charge is 0.188 e. The van der Waals surface area contributed by atoms with E-state index in [4.69, 9.17) is 21.9 Å². The maximum Gasteiger partial charge on any atom is 0.188 e. The van der Waals surface area contributed by atoms with Gasteiger partial charge < -0.3 is 10.3 Å². The Kier molecular flexibility index (Phi) is 3.43. The summed E-state index contributed by atoms with van der Waals surface area (Å²) in [4.78, 5) is 0.623. The van der Waals surface area contributed by atoms with Crippen molar-refractivity contribution >= 4 is 28.8 Å². The SMILES string of the molecule is Cc1csc(-c2onc(N)c2-c2cc(F)cc(F)c2)c1Cl. The summed E-state index contributed by atoms with van der Waals surface area (Å²) in [6, 6.07) is 3.13. The van der Waals surface area contributed by atoms with E-state index in [-0.39, 0.29) is 11.4 Å². The van der Waals surface area contributed by atoms with Crippen LogP contribution in [-0.2, 0) is 0 Å². The second kappa shape index (κ2) is 5.13. The zero-order valence-corrected chi connectivity index (χ0v) is 12.4. The summed E-state index contributed by atoms with van der Waals surface area (Å²) < 4.78 is 32.0. The fourth-order valence-corrected chi connectivity index (χ4v) is 3.28. The Morgan fingerprint density at radius 3 is 2.48 bits per heavy atom. The number of nitrogens with zero attached hydrogens (tertiary/aromatic N) is 1. The first-order valence-electron chi connectivity index (χ1n) is 5.93. The average molecular weight is 327 g/mol. The number of nitrogen functional groups attached to an aromatic ring is 1. The summed E-state index contributed by atoms with van der Waals surface area (Å²) in [5, 5.41) is 6.05. The highest BCUT2D eigenvalue weighted by Crippen LogP contribution is 2.43. The van der Waals surface area contributed by atoms with Crippen LogP contribution < -0.4 is 5.73 Å². The number of aromatic nitrogens is 1. The molecule has 108 valence electrons. The number of rotatable bonds is 2. The molecule has 3 aromatic rings. The number of nitrogens with two attached hydrogens (primary N) is 1. The highest BCUT2D eigenvalue weighted by atomic mass is 35.5. The number of aryl methyl sites for hydroxylation is 1. The van der Waals surface area contributed by atoms with Crippen molar-refractivity contribution < 1.29 is 13.3 Å². The molecule has 0 radical (unpaired) electrons. The summed E-state index contributed by atoms with van der Waals surface area (Å²) in [7, 11) is 0. The minimum absolute atomic E-state index is 0.0529. The number of hydrogen-bond acceptors (Lipinski definition) is 4. The largest absolute Gasteiger partial charge is 0.380 e. The van der Waals surface area contributed by atoms with Crippen LogP contribution in [0.2, 0.25) is 5.02 Å². The molecule has 7 heteroatoms. The van der Waals surface area contributed by atoms with Crippen molar-refractivity contribution in [3.05, 3.63) is 45.8 Å². The third kappa shape index (κ3) is 2.41. The maximum absolute atomic E-state index is 13.4. The molecule has 0 fully saturated rings. The van der Waals surface area contributed by atoms with E-state index in [2.05, 4.69) is 5.16 Å². The van der Waals surface area contributed by atoms with Gasteiger partial charge in [0.15, 0.2) is 11.6 Å². The molecular formula is C14H9ClF2N2OS. The molecule has 2 N–H and O–H groups in total. The third-order valence-corrected chi connectivity index (χ3v) is 4.67. The lowest BCUT2D eigenvalue weighted by Crippen LogP contribution is -1.90. The molecule has 2 aromatic heterocycles. The van der Waals surface area contributed by atoms with E-state index in [1.165, 1.54) is 23.5 Å². The summed E-state index contributed by atoms with van der Waals surface area (Å²) in [5.41, 5.74) is 7.24. The van der Waals surface area contributed by atoms with Crippen molar-refractivity contribution in [1.82, 2.24) is 5.16 Å². The fourth-order valence-electron chi connectivity index (χ4n) is 2.02. The second-order valence-electron chi connectivity index (χ2n) is 4.49. The van der Waals surface area contributed by atoms with E-state index in [1.807, 2.05) is 12.3 Å². The van der Waals surface area contributed by atoms with Gasteiger partial charge in [-0.1, -0.05) is 16.8 Å². The van der Waals surface area contributed by atoms with Gasteiger partial charge in [-0.05, 0) is 35.6 Å². The average Bonchev–Trinajstić information content (AvgIpc) is 2.93. The molecule has 0 saturated carbocycles. The molecule has 0 bridgehead atoms. The number of thiophene rings is 1. The van der Waals surface area contributed by atoms with Crippen LogP contribution in [0.1, 0.15) is 5.56 Å². The van der Waals surface area contributed by atoms with Gasteiger partial charge in [0.05, 0.1) is 15.5 Å². The number of anilines is 1. The minimum Gasteiger partial charge on any atom is -0.380 e. The van der Waals surface area contributed by atoms with Gasteiger partial charge in [0, 0.05) is 6.07 Å². The lowest BCUT2D eigenvalue weighted by atomic mass is 10.0. The lowest BCUT2D eigenvalue weighted by molar-refractivity contribution is 0.437. The first kappa shape index (κ1) is 14.0. The van der Waals surface area contributed by atoms with Gasteiger partial charge in [-0.15, -0.1) is 11.3 Å². The molecule has 0 saturated heterocycles. The molecule has 2 heterocycles. The Bertz CT molecular complexity index is 808. The molecule has 3 rings (SSSR count). The molecule has 21 heavy (non-hydrogen) atoms. The number of benzene rings is 1. The molecule has 0 aliphatic rings. The first-order chi connectivity index (χ1) is 9.97. The Hall–Kier alpha value is -1.92. The van der Waals surface area contributed by atoms with Crippen LogP contribution in [0.5, 0.6) is 0 Å². The van der Waals surface area contributed by atoms with Crippen molar-refractivity contribution in [3.63, 3.8) is 0 Å². The molecule has 0 amide bonds. The van der Waals surface area contributed by atoms with Crippen molar-refractivity contribution in [1.29, 1.82) is 0 Å². The number of halogens is 3. The van der Waals surface area contributed by atoms with Crippen LogP contribution in [0.15, 0.2) is 28.1 Å². The van der Waals surface area contributed by atoms with Crippen molar-refractivity contribution in [2.75, 3.05) is 5.73 Å². The Morgan fingerprint density at radius 1 is 1.24 bits per heavy atom. The van der Waals surface area contributed by atoms with Crippen molar-refractivity contribution in [2.24, 2.45) is 0 Å². The molecule has 0 aliphatic heterocycles. The van der Waals surface area contributed by atoms with Gasteiger partial charge in [0.2, 0.25) is 0 Å². The Balaban J connectivity index is 2.24. The zero-order chi connectivity index (χ0) is 15.1. The minimum atomic E-state index is -0.704. The number of hydrogen-bond donors (Lipinski definition) is 1. The molecule has 0 atom stereocenters. The summed E-state index contributed by atoms with van der Waals surface area (Å²) in [6.45, 7) is 1.85. The maximum atomic E-state index is 13.4. The third-order valence-electron chi connectivity index (χ3n) is 2.98. The zero-order valence-electron chi connectivity index (χ0n) is 10.8. The van der Waals surface area contributed by atoms with E-state index in [9.17, 15) is 8.78 Å². The molecule has 0 spiro atoms. The van der Waals surface area contributed by atoms with Crippen LogP contribution in [0, 0.1) is 18.6 Å². The Labute approximate surface area is 127 Å². The van der Waals surface area contributed by atoms with E-state index < -0.39 is 11.6 Å². The Morgan fingerprint density at radius 2 is 1.90 bits per heavy atom. The molecule has 1 aromatic carbocycles. The summed E-state index contributed by atoms with van der Waals surface area (Å²) in [6.07, 6.45) is 0. The van der Waals surface area contributed by atoms with Gasteiger partial charge in [-0.3, -0.25) is 0 Å². The highest BCUT2D eigenvalue weighted by Gasteiger charge is 2.22. The van der Waals surface area contributed by atoms with E-state index in [1.54, 1.807) is 0 Å².